The van der Waals surface area contributed by atoms with Gasteiger partial charge in [-0.15, -0.1) is 0 Å². The average molecular weight is 701 g/mol. The Morgan fingerprint density at radius 3 is 1.50 bits per heavy atom. The minimum absolute atomic E-state index is 0.0928. The molecular formula is C46H60N4O2. The van der Waals surface area contributed by atoms with Gasteiger partial charge in [0, 0.05) is 13.1 Å². The molecule has 0 aromatic heterocycles. The van der Waals surface area contributed by atoms with Gasteiger partial charge in [0.1, 0.15) is 5.41 Å². The van der Waals surface area contributed by atoms with E-state index in [9.17, 15) is 9.59 Å². The van der Waals surface area contributed by atoms with Gasteiger partial charge < -0.3 is 21.3 Å². The Balaban J connectivity index is 0.892. The number of hydrogen-bond acceptors (Lipinski definition) is 4. The zero-order valence-corrected chi connectivity index (χ0v) is 31.1. The van der Waals surface area contributed by atoms with Crippen molar-refractivity contribution in [1.29, 1.82) is 0 Å². The van der Waals surface area contributed by atoms with Crippen LogP contribution >= 0.6 is 0 Å². The Labute approximate surface area is 312 Å². The molecule has 4 N–H and O–H groups in total. The topological polar surface area (TPSA) is 92.7 Å². The first-order valence-corrected chi connectivity index (χ1v) is 20.0. The number of nitrogens with two attached hydrogens (primary N) is 2. The van der Waals surface area contributed by atoms with Crippen LogP contribution in [0, 0.1) is 17.8 Å². The highest BCUT2D eigenvalue weighted by molar-refractivity contribution is 5.91. The lowest BCUT2D eigenvalue weighted by Gasteiger charge is -2.42. The van der Waals surface area contributed by atoms with Gasteiger partial charge in [0.25, 0.3) is 0 Å². The van der Waals surface area contributed by atoms with E-state index in [2.05, 4.69) is 70.5 Å². The molecule has 6 rings (SSSR count). The van der Waals surface area contributed by atoms with Gasteiger partial charge in [-0.25, -0.2) is 0 Å². The Morgan fingerprint density at radius 1 is 0.577 bits per heavy atom. The van der Waals surface area contributed by atoms with E-state index in [0.29, 0.717) is 0 Å². The monoisotopic (exact) mass is 700 g/mol. The molecule has 0 radical (unpaired) electrons. The van der Waals surface area contributed by atoms with Gasteiger partial charge >= 0.3 is 0 Å². The van der Waals surface area contributed by atoms with E-state index in [1.807, 2.05) is 54.6 Å². The molecule has 3 aromatic carbocycles. The fourth-order valence-electron chi connectivity index (χ4n) is 9.96. The summed E-state index contributed by atoms with van der Waals surface area (Å²) in [5.41, 5.74) is 14.2. The van der Waals surface area contributed by atoms with Crippen molar-refractivity contribution in [3.63, 3.8) is 0 Å². The predicted molar refractivity (Wildman–Crippen MR) is 213 cm³/mol. The summed E-state index contributed by atoms with van der Waals surface area (Å²) in [4.78, 5) is 31.9. The second kappa shape index (κ2) is 18.2. The zero-order chi connectivity index (χ0) is 36.2. The van der Waals surface area contributed by atoms with E-state index in [1.54, 1.807) is 0 Å². The van der Waals surface area contributed by atoms with Gasteiger partial charge in [0.05, 0.1) is 5.41 Å². The van der Waals surface area contributed by atoms with Crippen LogP contribution in [-0.2, 0) is 20.4 Å². The molecule has 276 valence electrons. The van der Waals surface area contributed by atoms with E-state index in [1.165, 1.54) is 51.4 Å². The number of benzene rings is 3. The van der Waals surface area contributed by atoms with Gasteiger partial charge in [-0.05, 0) is 92.7 Å². The molecule has 2 amide bonds. The summed E-state index contributed by atoms with van der Waals surface area (Å²) in [7, 11) is 0. The molecule has 4 atom stereocenters. The summed E-state index contributed by atoms with van der Waals surface area (Å²) in [6, 6.07) is 30.7. The molecule has 6 nitrogen and oxygen atoms in total. The van der Waals surface area contributed by atoms with Crippen LogP contribution in [0.15, 0.2) is 115 Å². The fourth-order valence-corrected chi connectivity index (χ4v) is 9.96. The van der Waals surface area contributed by atoms with Gasteiger partial charge in [-0.2, -0.15) is 0 Å². The molecule has 0 spiro atoms. The highest BCUT2D eigenvalue weighted by Gasteiger charge is 2.52. The molecule has 52 heavy (non-hydrogen) atoms. The Bertz CT molecular complexity index is 1580. The van der Waals surface area contributed by atoms with E-state index >= 15 is 0 Å². The molecule has 2 aliphatic heterocycles. The third-order valence-corrected chi connectivity index (χ3v) is 12.6. The van der Waals surface area contributed by atoms with E-state index < -0.39 is 10.8 Å². The second-order valence-corrected chi connectivity index (χ2v) is 15.6. The molecule has 6 heteroatoms. The number of carbonyl (C=O) groups excluding carboxylic acids is 2. The van der Waals surface area contributed by atoms with E-state index in [0.717, 1.165) is 75.2 Å². The van der Waals surface area contributed by atoms with Crippen molar-refractivity contribution in [2.45, 2.75) is 81.5 Å². The predicted octanol–water partition coefficient (Wildman–Crippen LogP) is 7.78. The average Bonchev–Trinajstić information content (AvgIpc) is 3.85. The minimum atomic E-state index is -0.811. The lowest BCUT2D eigenvalue weighted by atomic mass is 9.60. The van der Waals surface area contributed by atoms with Crippen molar-refractivity contribution in [3.8, 4) is 0 Å². The third kappa shape index (κ3) is 8.14. The molecule has 2 heterocycles. The summed E-state index contributed by atoms with van der Waals surface area (Å²) in [6.45, 7) is 6.07. The van der Waals surface area contributed by atoms with Crippen LogP contribution in [0.5, 0.6) is 0 Å². The summed E-state index contributed by atoms with van der Waals surface area (Å²) in [5.74, 6) is 0.0342. The molecule has 2 saturated heterocycles. The van der Waals surface area contributed by atoms with Crippen LogP contribution in [-0.4, -0.2) is 60.9 Å². The molecular weight excluding hydrogens is 641 g/mol. The Morgan fingerprint density at radius 2 is 1.04 bits per heavy atom. The van der Waals surface area contributed by atoms with Crippen LogP contribution in [0.25, 0.3) is 0 Å². The molecule has 1 aliphatic carbocycles. The number of hydrogen-bond donors (Lipinski definition) is 2. The first kappa shape index (κ1) is 37.7. The SMILES string of the molecule is NC(=O)C(c1ccccc1)(c1ccccc1)C1CCN(CCCCCCCCCCN2CCC(C(C(N)=O)(c3ccccc3)C3C=CC=CC3)C2)C1. The standard InChI is InChI=1S/C46H60N4O2/c47-43(51)45(37-21-11-7-12-22-37,38-23-13-8-14-24-38)41-29-33-49(35-41)31-19-5-3-1-2-4-6-20-32-50-34-30-42(36-50)46(44(48)52,39-25-15-9-16-26-39)40-27-17-10-18-28-40/h7-18,21-27,40-42H,1-6,19-20,28-36H2,(H2,47,51)(H2,48,52). The highest BCUT2D eigenvalue weighted by atomic mass is 16.2. The smallest absolute Gasteiger partial charge is 0.232 e. The number of unbranched alkanes of at least 4 members (excludes halogenated alkanes) is 7. The van der Waals surface area contributed by atoms with E-state index in [4.69, 9.17) is 11.5 Å². The van der Waals surface area contributed by atoms with Crippen LogP contribution in [0.1, 0.15) is 87.3 Å². The largest absolute Gasteiger partial charge is 0.369 e. The van der Waals surface area contributed by atoms with Crippen LogP contribution in [0.2, 0.25) is 0 Å². The maximum atomic E-state index is 13.4. The molecule has 3 aliphatic rings. The first-order valence-electron chi connectivity index (χ1n) is 20.0. The summed E-state index contributed by atoms with van der Waals surface area (Å²) >= 11 is 0. The van der Waals surface area contributed by atoms with Crippen LogP contribution in [0.4, 0.5) is 0 Å². The fraction of sp³-hybridized carbons (Fsp3) is 0.478. The van der Waals surface area contributed by atoms with Gasteiger partial charge in [0.15, 0.2) is 0 Å². The van der Waals surface area contributed by atoms with Crippen LogP contribution < -0.4 is 11.5 Å². The number of likely N-dealkylation sites (tertiary alicyclic amines) is 2. The van der Waals surface area contributed by atoms with Gasteiger partial charge in [-0.3, -0.25) is 9.59 Å². The van der Waals surface area contributed by atoms with Crippen molar-refractivity contribution in [2.24, 2.45) is 29.2 Å². The summed E-state index contributed by atoms with van der Waals surface area (Å²) in [6.07, 6.45) is 21.5. The van der Waals surface area contributed by atoms with Crippen molar-refractivity contribution >= 4 is 11.8 Å². The number of amides is 2. The van der Waals surface area contributed by atoms with Crippen molar-refractivity contribution in [2.75, 3.05) is 39.3 Å². The third-order valence-electron chi connectivity index (χ3n) is 12.6. The zero-order valence-electron chi connectivity index (χ0n) is 31.1. The maximum Gasteiger partial charge on any atom is 0.232 e. The first-order chi connectivity index (χ1) is 25.5. The minimum Gasteiger partial charge on any atom is -0.369 e. The van der Waals surface area contributed by atoms with Crippen molar-refractivity contribution in [3.05, 3.63) is 132 Å². The lowest BCUT2D eigenvalue weighted by molar-refractivity contribution is -0.127. The Hall–Kier alpha value is -4.00. The van der Waals surface area contributed by atoms with Gasteiger partial charge in [-0.1, -0.05) is 154 Å². The van der Waals surface area contributed by atoms with Crippen LogP contribution in [0.3, 0.4) is 0 Å². The molecule has 4 unspecified atom stereocenters. The number of nitrogens with zero attached hydrogens (tertiary/aromatic N) is 2. The Kier molecular flexibility index (Phi) is 13.2. The maximum absolute atomic E-state index is 13.4. The van der Waals surface area contributed by atoms with Gasteiger partial charge in [0.2, 0.25) is 11.8 Å². The number of rotatable bonds is 19. The van der Waals surface area contributed by atoms with Crippen molar-refractivity contribution in [1.82, 2.24) is 9.80 Å². The van der Waals surface area contributed by atoms with E-state index in [-0.39, 0.29) is 29.6 Å². The quantitative estimate of drug-likeness (QED) is 0.125. The normalized spacial score (nSPS) is 22.0. The molecule has 2 fully saturated rings. The number of allylic oxidation sites excluding steroid dienone is 4. The number of carbonyl (C=O) groups is 2. The summed E-state index contributed by atoms with van der Waals surface area (Å²) in [5, 5.41) is 0. The molecule has 0 saturated carbocycles. The summed E-state index contributed by atoms with van der Waals surface area (Å²) < 4.78 is 0. The molecule has 3 aromatic rings. The number of primary amides is 2. The second-order valence-electron chi connectivity index (χ2n) is 15.6. The highest BCUT2D eigenvalue weighted by Crippen LogP contribution is 2.47. The van der Waals surface area contributed by atoms with Crippen molar-refractivity contribution < 1.29 is 9.59 Å². The molecule has 0 bridgehead atoms. The lowest BCUT2D eigenvalue weighted by Crippen LogP contribution is -2.53.